The van der Waals surface area contributed by atoms with Crippen molar-refractivity contribution in [1.82, 2.24) is 4.90 Å². The number of benzene rings is 2. The van der Waals surface area contributed by atoms with Crippen LogP contribution in [0.25, 0.3) is 6.08 Å². The number of hydrogen-bond acceptors (Lipinski definition) is 5. The summed E-state index contributed by atoms with van der Waals surface area (Å²) in [5.41, 5.74) is 1.20. The molecular formula is C25H32N2O5S. The van der Waals surface area contributed by atoms with Gasteiger partial charge in [-0.3, -0.25) is 0 Å². The van der Waals surface area contributed by atoms with Crippen molar-refractivity contribution in [2.24, 2.45) is 4.40 Å². The molecule has 2 aromatic rings. The summed E-state index contributed by atoms with van der Waals surface area (Å²) in [7, 11) is -4.15. The molecule has 2 aromatic carbocycles. The highest BCUT2D eigenvalue weighted by atomic mass is 32.2. The van der Waals surface area contributed by atoms with Gasteiger partial charge in [-0.1, -0.05) is 35.9 Å². The Kier molecular flexibility index (Phi) is 8.82. The minimum absolute atomic E-state index is 0.0174. The highest BCUT2D eigenvalue weighted by molar-refractivity contribution is 7.90. The lowest BCUT2D eigenvalue weighted by molar-refractivity contribution is -0.137. The number of ether oxygens (including phenoxy) is 1. The van der Waals surface area contributed by atoms with Crippen molar-refractivity contribution in [2.45, 2.75) is 58.5 Å². The second-order valence-electron chi connectivity index (χ2n) is 8.14. The Morgan fingerprint density at radius 3 is 2.15 bits per heavy atom. The zero-order valence-corrected chi connectivity index (χ0v) is 20.8. The van der Waals surface area contributed by atoms with E-state index in [1.54, 1.807) is 42.2 Å². The number of esters is 1. The molecule has 2 rings (SSSR count). The van der Waals surface area contributed by atoms with Crippen molar-refractivity contribution in [1.29, 1.82) is 0 Å². The van der Waals surface area contributed by atoms with E-state index in [-0.39, 0.29) is 40.7 Å². The van der Waals surface area contributed by atoms with Crippen LogP contribution >= 0.6 is 0 Å². The summed E-state index contributed by atoms with van der Waals surface area (Å²) in [5.74, 6) is -0.826. The van der Waals surface area contributed by atoms with Crippen LogP contribution in [-0.4, -0.2) is 48.9 Å². The van der Waals surface area contributed by atoms with Crippen LogP contribution in [-0.2, 0) is 19.6 Å². The summed E-state index contributed by atoms with van der Waals surface area (Å²) < 4.78 is 35.9. The molecule has 8 heteroatoms. The van der Waals surface area contributed by atoms with E-state index >= 15 is 0 Å². The summed E-state index contributed by atoms with van der Waals surface area (Å²) in [6.07, 6.45) is 1.41. The third-order valence-electron chi connectivity index (χ3n) is 4.86. The molecule has 0 aromatic heterocycles. The Balaban J connectivity index is 2.84. The van der Waals surface area contributed by atoms with Crippen LogP contribution in [0.4, 0.5) is 0 Å². The SMILES string of the molecule is CCOC(=O)C(=C/c1ccccc1O)/C(=N\S(=O)(=O)c1ccc(C)cc1)N(C(C)C)C(C)C. The molecule has 0 saturated carbocycles. The van der Waals surface area contributed by atoms with Crippen LogP contribution in [0.1, 0.15) is 45.7 Å². The van der Waals surface area contributed by atoms with Crippen LogP contribution in [0.5, 0.6) is 5.75 Å². The second kappa shape index (κ2) is 11.1. The fraction of sp³-hybridized carbons (Fsp3) is 0.360. The van der Waals surface area contributed by atoms with E-state index in [2.05, 4.69) is 4.40 Å². The van der Waals surface area contributed by atoms with Gasteiger partial charge in [-0.05, 0) is 65.8 Å². The molecule has 0 aliphatic carbocycles. The van der Waals surface area contributed by atoms with Gasteiger partial charge in [0.2, 0.25) is 0 Å². The molecule has 0 heterocycles. The quantitative estimate of drug-likeness (QED) is 0.262. The molecule has 0 spiro atoms. The minimum Gasteiger partial charge on any atom is -0.507 e. The molecule has 0 fully saturated rings. The van der Waals surface area contributed by atoms with Gasteiger partial charge in [0, 0.05) is 17.6 Å². The average molecular weight is 473 g/mol. The Morgan fingerprint density at radius 2 is 1.64 bits per heavy atom. The number of carbonyl (C=O) groups is 1. The van der Waals surface area contributed by atoms with Crippen LogP contribution in [0.15, 0.2) is 63.4 Å². The molecule has 0 radical (unpaired) electrons. The lowest BCUT2D eigenvalue weighted by Crippen LogP contribution is -2.44. The number of carbonyl (C=O) groups excluding carboxylic acids is 1. The number of rotatable bonds is 8. The monoisotopic (exact) mass is 472 g/mol. The van der Waals surface area contributed by atoms with E-state index in [0.29, 0.717) is 5.56 Å². The number of aromatic hydroxyl groups is 1. The molecule has 178 valence electrons. The van der Waals surface area contributed by atoms with Crippen molar-refractivity contribution in [3.8, 4) is 5.75 Å². The largest absolute Gasteiger partial charge is 0.507 e. The number of amidine groups is 1. The van der Waals surface area contributed by atoms with E-state index in [0.717, 1.165) is 5.56 Å². The molecule has 0 unspecified atom stereocenters. The van der Waals surface area contributed by atoms with Crippen LogP contribution in [0.3, 0.4) is 0 Å². The summed E-state index contributed by atoms with van der Waals surface area (Å²) >= 11 is 0. The van der Waals surface area contributed by atoms with Crippen LogP contribution in [0.2, 0.25) is 0 Å². The first-order chi connectivity index (χ1) is 15.5. The number of aryl methyl sites for hydroxylation is 1. The number of phenols is 1. The molecule has 1 N–H and O–H groups in total. The topological polar surface area (TPSA) is 96.3 Å². The Bertz CT molecular complexity index is 1130. The maximum Gasteiger partial charge on any atom is 0.341 e. The van der Waals surface area contributed by atoms with Gasteiger partial charge in [0.25, 0.3) is 10.0 Å². The van der Waals surface area contributed by atoms with Gasteiger partial charge < -0.3 is 14.7 Å². The number of phenolic OH excluding ortho intramolecular Hbond substituents is 1. The van der Waals surface area contributed by atoms with Crippen LogP contribution in [0, 0.1) is 6.92 Å². The minimum atomic E-state index is -4.15. The van der Waals surface area contributed by atoms with Gasteiger partial charge >= 0.3 is 5.97 Å². The van der Waals surface area contributed by atoms with Gasteiger partial charge in [-0.15, -0.1) is 4.40 Å². The highest BCUT2D eigenvalue weighted by Crippen LogP contribution is 2.24. The van der Waals surface area contributed by atoms with Crippen molar-refractivity contribution in [3.63, 3.8) is 0 Å². The van der Waals surface area contributed by atoms with Crippen LogP contribution < -0.4 is 0 Å². The van der Waals surface area contributed by atoms with Crippen molar-refractivity contribution >= 4 is 27.9 Å². The molecular weight excluding hydrogens is 440 g/mol. The normalized spacial score (nSPS) is 12.8. The molecule has 33 heavy (non-hydrogen) atoms. The molecule has 0 saturated heterocycles. The van der Waals surface area contributed by atoms with Gasteiger partial charge in [-0.25, -0.2) is 4.79 Å². The highest BCUT2D eigenvalue weighted by Gasteiger charge is 2.30. The first-order valence-corrected chi connectivity index (χ1v) is 12.3. The summed E-state index contributed by atoms with van der Waals surface area (Å²) in [6, 6.07) is 12.4. The Morgan fingerprint density at radius 1 is 1.06 bits per heavy atom. The summed E-state index contributed by atoms with van der Waals surface area (Å²) in [6.45, 7) is 11.2. The zero-order valence-electron chi connectivity index (χ0n) is 19.9. The summed E-state index contributed by atoms with van der Waals surface area (Å²) in [5, 5.41) is 10.3. The summed E-state index contributed by atoms with van der Waals surface area (Å²) in [4.78, 5) is 14.8. The maximum absolute atomic E-state index is 13.3. The van der Waals surface area contributed by atoms with Crippen molar-refractivity contribution < 1.29 is 23.1 Å². The van der Waals surface area contributed by atoms with E-state index in [9.17, 15) is 18.3 Å². The van der Waals surface area contributed by atoms with E-state index in [1.807, 2.05) is 34.6 Å². The smallest absolute Gasteiger partial charge is 0.341 e. The molecule has 0 aliphatic rings. The number of nitrogens with zero attached hydrogens (tertiary/aromatic N) is 2. The number of para-hydroxylation sites is 1. The van der Waals surface area contributed by atoms with Gasteiger partial charge in [0.05, 0.1) is 11.5 Å². The van der Waals surface area contributed by atoms with Crippen molar-refractivity contribution in [3.05, 3.63) is 65.2 Å². The predicted octanol–water partition coefficient (Wildman–Crippen LogP) is 4.55. The molecule has 7 nitrogen and oxygen atoms in total. The zero-order chi connectivity index (χ0) is 24.8. The standard InChI is InChI=1S/C25H32N2O5S/c1-7-32-25(29)22(16-20-10-8-9-11-23(20)28)24(27(17(2)3)18(4)5)26-33(30,31)21-14-12-19(6)13-15-21/h8-18,28H,7H2,1-6H3/b22-16+,26-24+. The Labute approximate surface area is 196 Å². The maximum atomic E-state index is 13.3. The fourth-order valence-electron chi connectivity index (χ4n) is 3.39. The number of sulfonamides is 1. The average Bonchev–Trinajstić information content (AvgIpc) is 2.72. The number of hydrogen-bond donors (Lipinski definition) is 1. The predicted molar refractivity (Wildman–Crippen MR) is 131 cm³/mol. The lowest BCUT2D eigenvalue weighted by Gasteiger charge is -2.34. The first-order valence-electron chi connectivity index (χ1n) is 10.8. The van der Waals surface area contributed by atoms with Crippen molar-refractivity contribution in [2.75, 3.05) is 6.61 Å². The van der Waals surface area contributed by atoms with Gasteiger partial charge in [0.15, 0.2) is 5.84 Å². The first kappa shape index (κ1) is 26.1. The molecule has 0 bridgehead atoms. The molecule has 0 amide bonds. The Hall–Kier alpha value is -3.13. The second-order valence-corrected chi connectivity index (χ2v) is 9.74. The third-order valence-corrected chi connectivity index (χ3v) is 6.14. The van der Waals surface area contributed by atoms with E-state index in [1.165, 1.54) is 24.3 Å². The van der Waals surface area contributed by atoms with Gasteiger partial charge in [-0.2, -0.15) is 8.42 Å². The lowest BCUT2D eigenvalue weighted by atomic mass is 10.1. The fourth-order valence-corrected chi connectivity index (χ4v) is 4.39. The van der Waals surface area contributed by atoms with E-state index < -0.39 is 16.0 Å². The molecule has 0 aliphatic heterocycles. The molecule has 0 atom stereocenters. The van der Waals surface area contributed by atoms with E-state index in [4.69, 9.17) is 4.74 Å². The third kappa shape index (κ3) is 6.68. The van der Waals surface area contributed by atoms with Gasteiger partial charge in [0.1, 0.15) is 11.3 Å².